The predicted octanol–water partition coefficient (Wildman–Crippen LogP) is 4.15. The van der Waals surface area contributed by atoms with E-state index < -0.39 is 0 Å². The Hall–Kier alpha value is -4.13. The summed E-state index contributed by atoms with van der Waals surface area (Å²) < 4.78 is 0. The number of carbonyl (C=O) groups is 3. The average Bonchev–Trinajstić information content (AvgIpc) is 2.82. The van der Waals surface area contributed by atoms with Crippen molar-refractivity contribution in [2.45, 2.75) is 19.9 Å². The minimum absolute atomic E-state index is 0.0413. The highest BCUT2D eigenvalue weighted by Crippen LogP contribution is 2.17. The summed E-state index contributed by atoms with van der Waals surface area (Å²) in [6.45, 7) is 3.85. The summed E-state index contributed by atoms with van der Waals surface area (Å²) in [6.07, 6.45) is 0. The van der Waals surface area contributed by atoms with Crippen molar-refractivity contribution in [1.82, 2.24) is 5.32 Å². The first-order valence-corrected chi connectivity index (χ1v) is 10.7. The van der Waals surface area contributed by atoms with E-state index in [1.54, 1.807) is 60.5 Å². The van der Waals surface area contributed by atoms with Crippen molar-refractivity contribution >= 4 is 34.8 Å². The molecule has 0 aliphatic carbocycles. The SMILES string of the molecule is CC(C)NC(=O)c1ccc(NCC(=O)Nc2cccc(C(=O)N(C)c3ccccc3)c2)cc1. The molecule has 0 saturated heterocycles. The molecule has 0 bridgehead atoms. The number of para-hydroxylation sites is 1. The number of hydrogen-bond acceptors (Lipinski definition) is 4. The summed E-state index contributed by atoms with van der Waals surface area (Å²) in [4.78, 5) is 38.8. The lowest BCUT2D eigenvalue weighted by Crippen LogP contribution is -2.30. The number of hydrogen-bond donors (Lipinski definition) is 3. The Kier molecular flexibility index (Phi) is 7.81. The zero-order chi connectivity index (χ0) is 23.8. The smallest absolute Gasteiger partial charge is 0.258 e. The second kappa shape index (κ2) is 10.9. The van der Waals surface area contributed by atoms with E-state index in [0.717, 1.165) is 11.4 Å². The van der Waals surface area contributed by atoms with Crippen LogP contribution in [0.1, 0.15) is 34.6 Å². The predicted molar refractivity (Wildman–Crippen MR) is 132 cm³/mol. The molecule has 0 aliphatic rings. The Morgan fingerprint density at radius 2 is 1.52 bits per heavy atom. The lowest BCUT2D eigenvalue weighted by atomic mass is 10.1. The highest BCUT2D eigenvalue weighted by Gasteiger charge is 2.14. The molecular weight excluding hydrogens is 416 g/mol. The summed E-state index contributed by atoms with van der Waals surface area (Å²) >= 11 is 0. The Morgan fingerprint density at radius 3 is 2.18 bits per heavy atom. The molecule has 0 aromatic heterocycles. The maximum Gasteiger partial charge on any atom is 0.258 e. The molecule has 7 heteroatoms. The second-order valence-electron chi connectivity index (χ2n) is 7.89. The van der Waals surface area contributed by atoms with E-state index in [4.69, 9.17) is 0 Å². The van der Waals surface area contributed by atoms with Crippen LogP contribution in [0.25, 0.3) is 0 Å². The molecule has 0 radical (unpaired) electrons. The first-order chi connectivity index (χ1) is 15.8. The van der Waals surface area contributed by atoms with Gasteiger partial charge in [-0.3, -0.25) is 14.4 Å². The van der Waals surface area contributed by atoms with E-state index in [1.165, 1.54) is 0 Å². The van der Waals surface area contributed by atoms with Gasteiger partial charge in [0.15, 0.2) is 0 Å². The maximum absolute atomic E-state index is 12.8. The third kappa shape index (κ3) is 6.67. The molecule has 0 aliphatic heterocycles. The fourth-order valence-corrected chi connectivity index (χ4v) is 3.16. The van der Waals surface area contributed by atoms with Crippen LogP contribution in [0.15, 0.2) is 78.9 Å². The molecule has 33 heavy (non-hydrogen) atoms. The summed E-state index contributed by atoms with van der Waals surface area (Å²) in [5.41, 5.74) is 3.08. The third-order valence-electron chi connectivity index (χ3n) is 4.86. The molecule has 3 amide bonds. The Labute approximate surface area is 193 Å². The fraction of sp³-hybridized carbons (Fsp3) is 0.192. The van der Waals surface area contributed by atoms with Crippen LogP contribution in [0.2, 0.25) is 0 Å². The van der Waals surface area contributed by atoms with E-state index in [0.29, 0.717) is 16.8 Å². The van der Waals surface area contributed by atoms with E-state index in [9.17, 15) is 14.4 Å². The van der Waals surface area contributed by atoms with Gasteiger partial charge in [-0.15, -0.1) is 0 Å². The standard InChI is InChI=1S/C26H28N4O3/c1-18(2)28-25(32)19-12-14-21(15-13-19)27-17-24(31)29-22-9-7-8-20(16-22)26(33)30(3)23-10-5-4-6-11-23/h4-16,18,27H,17H2,1-3H3,(H,28,32)(H,29,31). The highest BCUT2D eigenvalue weighted by atomic mass is 16.2. The Bertz CT molecular complexity index is 1110. The van der Waals surface area contributed by atoms with Crippen LogP contribution in [-0.4, -0.2) is 37.4 Å². The van der Waals surface area contributed by atoms with Crippen molar-refractivity contribution in [3.8, 4) is 0 Å². The van der Waals surface area contributed by atoms with E-state index >= 15 is 0 Å². The van der Waals surface area contributed by atoms with Gasteiger partial charge in [-0.1, -0.05) is 24.3 Å². The number of carbonyl (C=O) groups excluding carboxylic acids is 3. The van der Waals surface area contributed by atoms with Crippen molar-refractivity contribution in [2.24, 2.45) is 0 Å². The van der Waals surface area contributed by atoms with Crippen LogP contribution in [0.4, 0.5) is 17.1 Å². The van der Waals surface area contributed by atoms with Gasteiger partial charge in [0.2, 0.25) is 5.91 Å². The van der Waals surface area contributed by atoms with Crippen molar-refractivity contribution in [1.29, 1.82) is 0 Å². The first kappa shape index (κ1) is 23.5. The van der Waals surface area contributed by atoms with Gasteiger partial charge >= 0.3 is 0 Å². The molecule has 7 nitrogen and oxygen atoms in total. The molecule has 170 valence electrons. The van der Waals surface area contributed by atoms with Crippen LogP contribution in [0, 0.1) is 0 Å². The largest absolute Gasteiger partial charge is 0.376 e. The number of rotatable bonds is 8. The number of nitrogens with one attached hydrogen (secondary N) is 3. The van der Waals surface area contributed by atoms with Crippen molar-refractivity contribution < 1.29 is 14.4 Å². The van der Waals surface area contributed by atoms with Gasteiger partial charge in [0.25, 0.3) is 11.8 Å². The van der Waals surface area contributed by atoms with Crippen LogP contribution < -0.4 is 20.9 Å². The molecule has 0 saturated carbocycles. The first-order valence-electron chi connectivity index (χ1n) is 10.7. The normalized spacial score (nSPS) is 10.4. The fourth-order valence-electron chi connectivity index (χ4n) is 3.16. The molecule has 0 spiro atoms. The van der Waals surface area contributed by atoms with Gasteiger partial charge in [0, 0.05) is 41.3 Å². The van der Waals surface area contributed by atoms with Crippen molar-refractivity contribution in [3.05, 3.63) is 90.0 Å². The van der Waals surface area contributed by atoms with E-state index in [1.807, 2.05) is 44.2 Å². The molecule has 0 atom stereocenters. The van der Waals surface area contributed by atoms with Crippen LogP contribution in [-0.2, 0) is 4.79 Å². The van der Waals surface area contributed by atoms with Gasteiger partial charge in [0.05, 0.1) is 6.54 Å². The van der Waals surface area contributed by atoms with Crippen molar-refractivity contribution in [3.63, 3.8) is 0 Å². The second-order valence-corrected chi connectivity index (χ2v) is 7.89. The lowest BCUT2D eigenvalue weighted by molar-refractivity contribution is -0.114. The summed E-state index contributed by atoms with van der Waals surface area (Å²) in [7, 11) is 1.71. The van der Waals surface area contributed by atoms with Crippen molar-refractivity contribution in [2.75, 3.05) is 29.1 Å². The van der Waals surface area contributed by atoms with E-state index in [2.05, 4.69) is 16.0 Å². The van der Waals surface area contributed by atoms with E-state index in [-0.39, 0.29) is 30.3 Å². The zero-order valence-corrected chi connectivity index (χ0v) is 19.0. The molecule has 3 aromatic rings. The van der Waals surface area contributed by atoms with Gasteiger partial charge in [-0.05, 0) is 68.4 Å². The van der Waals surface area contributed by atoms with Gasteiger partial charge in [-0.2, -0.15) is 0 Å². The monoisotopic (exact) mass is 444 g/mol. The van der Waals surface area contributed by atoms with Crippen LogP contribution >= 0.6 is 0 Å². The Balaban J connectivity index is 1.55. The third-order valence-corrected chi connectivity index (χ3v) is 4.86. The molecule has 0 unspecified atom stereocenters. The highest BCUT2D eigenvalue weighted by molar-refractivity contribution is 6.06. The quantitative estimate of drug-likeness (QED) is 0.487. The molecule has 3 rings (SSSR count). The lowest BCUT2D eigenvalue weighted by Gasteiger charge is -2.17. The maximum atomic E-state index is 12.8. The summed E-state index contributed by atoms with van der Waals surface area (Å²) in [5, 5.41) is 8.66. The topological polar surface area (TPSA) is 90.5 Å². The number of anilines is 3. The van der Waals surface area contributed by atoms with Gasteiger partial charge < -0.3 is 20.9 Å². The number of nitrogens with zero attached hydrogens (tertiary/aromatic N) is 1. The summed E-state index contributed by atoms with van der Waals surface area (Å²) in [6, 6.07) is 23.2. The minimum Gasteiger partial charge on any atom is -0.376 e. The van der Waals surface area contributed by atoms with Gasteiger partial charge in [-0.25, -0.2) is 0 Å². The number of amides is 3. The zero-order valence-electron chi connectivity index (χ0n) is 19.0. The minimum atomic E-state index is -0.252. The molecule has 3 aromatic carbocycles. The Morgan fingerprint density at radius 1 is 0.818 bits per heavy atom. The molecule has 0 fully saturated rings. The van der Waals surface area contributed by atoms with Crippen LogP contribution in [0.3, 0.4) is 0 Å². The molecule has 0 heterocycles. The number of benzene rings is 3. The molecule has 3 N–H and O–H groups in total. The van der Waals surface area contributed by atoms with Gasteiger partial charge in [0.1, 0.15) is 0 Å². The summed E-state index contributed by atoms with van der Waals surface area (Å²) in [5.74, 6) is -0.559. The molecular formula is C26H28N4O3. The van der Waals surface area contributed by atoms with Crippen LogP contribution in [0.5, 0.6) is 0 Å². The average molecular weight is 445 g/mol.